The highest BCUT2D eigenvalue weighted by Crippen LogP contribution is 2.18. The minimum absolute atomic E-state index is 0.139. The van der Waals surface area contributed by atoms with E-state index in [4.69, 9.17) is 4.74 Å². The molecular weight excluding hydrogens is 280 g/mol. The van der Waals surface area contributed by atoms with E-state index in [1.165, 1.54) is 12.1 Å². The quantitative estimate of drug-likeness (QED) is 0.654. The molecular formula is C17H17N2O3-. The summed E-state index contributed by atoms with van der Waals surface area (Å²) in [6.45, 7) is 1.91. The molecule has 0 amide bonds. The largest absolute Gasteiger partial charge is 0.545 e. The summed E-state index contributed by atoms with van der Waals surface area (Å²) in [6.07, 6.45) is 0.661. The monoisotopic (exact) mass is 297 g/mol. The van der Waals surface area contributed by atoms with Gasteiger partial charge in [-0.2, -0.15) is 5.10 Å². The fourth-order valence-electron chi connectivity index (χ4n) is 2.00. The molecule has 2 aromatic carbocycles. The molecule has 5 nitrogen and oxygen atoms in total. The lowest BCUT2D eigenvalue weighted by Gasteiger charge is -2.08. The Morgan fingerprint density at radius 1 is 1.18 bits per heavy atom. The molecule has 0 radical (unpaired) electrons. The number of nitrogens with one attached hydrogen (secondary N) is 1. The van der Waals surface area contributed by atoms with Crippen LogP contribution >= 0.6 is 0 Å². The predicted octanol–water partition coefficient (Wildman–Crippen LogP) is 2.09. The Morgan fingerprint density at radius 2 is 1.86 bits per heavy atom. The number of carboxylic acids is 1. The highest BCUT2D eigenvalue weighted by Gasteiger charge is 2.03. The third-order valence-corrected chi connectivity index (χ3v) is 3.14. The van der Waals surface area contributed by atoms with E-state index in [-0.39, 0.29) is 5.56 Å². The Bertz CT molecular complexity index is 679. The van der Waals surface area contributed by atoms with Crippen LogP contribution in [0.4, 0.5) is 5.69 Å². The molecule has 0 heterocycles. The molecule has 0 unspecified atom stereocenters. The van der Waals surface area contributed by atoms with E-state index in [9.17, 15) is 9.90 Å². The summed E-state index contributed by atoms with van der Waals surface area (Å²) < 4.78 is 5.31. The molecule has 0 saturated carbocycles. The number of hydrazone groups is 1. The molecule has 0 spiro atoms. The smallest absolute Gasteiger partial charge is 0.122 e. The van der Waals surface area contributed by atoms with Gasteiger partial charge >= 0.3 is 0 Å². The van der Waals surface area contributed by atoms with Crippen LogP contribution < -0.4 is 15.3 Å². The molecule has 0 aliphatic carbocycles. The first-order valence-electron chi connectivity index (χ1n) is 6.82. The lowest BCUT2D eigenvalue weighted by atomic mass is 10.1. The molecule has 0 aliphatic rings. The number of para-hydroxylation sites is 1. The number of anilines is 1. The van der Waals surface area contributed by atoms with Gasteiger partial charge in [-0.25, -0.2) is 0 Å². The molecule has 114 valence electrons. The Kier molecular flexibility index (Phi) is 5.14. The minimum atomic E-state index is -1.19. The number of aromatic carboxylic acids is 1. The van der Waals surface area contributed by atoms with Crippen molar-refractivity contribution in [1.82, 2.24) is 0 Å². The Hall–Kier alpha value is -2.82. The molecule has 0 aromatic heterocycles. The van der Waals surface area contributed by atoms with Gasteiger partial charge in [0.15, 0.2) is 0 Å². The lowest BCUT2D eigenvalue weighted by Crippen LogP contribution is -2.21. The van der Waals surface area contributed by atoms with E-state index in [0.29, 0.717) is 12.1 Å². The van der Waals surface area contributed by atoms with Crippen molar-refractivity contribution >= 4 is 17.4 Å². The number of methoxy groups -OCH3 is 1. The first kappa shape index (κ1) is 15.6. The van der Waals surface area contributed by atoms with E-state index in [2.05, 4.69) is 10.5 Å². The second-order valence-electron chi connectivity index (χ2n) is 4.81. The fourth-order valence-corrected chi connectivity index (χ4v) is 2.00. The molecule has 2 aromatic rings. The average molecular weight is 297 g/mol. The van der Waals surface area contributed by atoms with E-state index < -0.39 is 5.97 Å². The van der Waals surface area contributed by atoms with E-state index in [0.717, 1.165) is 17.0 Å². The van der Waals surface area contributed by atoms with Gasteiger partial charge < -0.3 is 14.6 Å². The van der Waals surface area contributed by atoms with Crippen molar-refractivity contribution in [1.29, 1.82) is 0 Å². The van der Waals surface area contributed by atoms with Gasteiger partial charge in [0.2, 0.25) is 0 Å². The first-order chi connectivity index (χ1) is 10.6. The second kappa shape index (κ2) is 7.26. The standard InChI is InChI=1S/C17H18N2O3/c1-12(11-14-5-3-4-6-16(14)22-2)18-19-15-9-7-13(8-10-15)17(20)21/h3-10,19H,11H2,1-2H3,(H,20,21)/p-1/b18-12-. The van der Waals surface area contributed by atoms with E-state index in [1.807, 2.05) is 31.2 Å². The molecule has 0 fully saturated rings. The molecule has 0 bridgehead atoms. The van der Waals surface area contributed by atoms with Crippen LogP contribution in [0.2, 0.25) is 0 Å². The molecule has 0 saturated heterocycles. The molecule has 0 aliphatic heterocycles. The number of benzene rings is 2. The van der Waals surface area contributed by atoms with Crippen molar-refractivity contribution < 1.29 is 14.6 Å². The van der Waals surface area contributed by atoms with Gasteiger partial charge in [-0.1, -0.05) is 30.3 Å². The topological polar surface area (TPSA) is 73.8 Å². The maximum Gasteiger partial charge on any atom is 0.122 e. The molecule has 1 N–H and O–H groups in total. The summed E-state index contributed by atoms with van der Waals surface area (Å²) in [6, 6.07) is 14.0. The van der Waals surface area contributed by atoms with Crippen molar-refractivity contribution in [3.63, 3.8) is 0 Å². The molecule has 22 heavy (non-hydrogen) atoms. The number of hydrogen-bond acceptors (Lipinski definition) is 5. The number of ether oxygens (including phenoxy) is 1. The third kappa shape index (κ3) is 4.09. The van der Waals surface area contributed by atoms with Gasteiger partial charge in [0.1, 0.15) is 5.75 Å². The zero-order chi connectivity index (χ0) is 15.9. The Balaban J connectivity index is 2.02. The van der Waals surface area contributed by atoms with Crippen molar-refractivity contribution in [2.75, 3.05) is 12.5 Å². The zero-order valence-electron chi connectivity index (χ0n) is 12.5. The fraction of sp³-hybridized carbons (Fsp3) is 0.176. The molecule has 5 heteroatoms. The number of rotatable bonds is 6. The van der Waals surface area contributed by atoms with Crippen LogP contribution in [-0.2, 0) is 6.42 Å². The second-order valence-corrected chi connectivity index (χ2v) is 4.81. The highest BCUT2D eigenvalue weighted by molar-refractivity contribution is 5.87. The minimum Gasteiger partial charge on any atom is -0.545 e. The maximum absolute atomic E-state index is 10.7. The lowest BCUT2D eigenvalue weighted by molar-refractivity contribution is -0.255. The van der Waals surface area contributed by atoms with Crippen LogP contribution in [-0.4, -0.2) is 18.8 Å². The van der Waals surface area contributed by atoms with Gasteiger partial charge in [0.25, 0.3) is 0 Å². The van der Waals surface area contributed by atoms with Crippen LogP contribution in [0.25, 0.3) is 0 Å². The van der Waals surface area contributed by atoms with Crippen LogP contribution in [0, 0.1) is 0 Å². The summed E-state index contributed by atoms with van der Waals surface area (Å²) in [7, 11) is 1.64. The first-order valence-corrected chi connectivity index (χ1v) is 6.82. The maximum atomic E-state index is 10.7. The summed E-state index contributed by atoms with van der Waals surface area (Å²) in [5.74, 6) is -0.363. The van der Waals surface area contributed by atoms with Gasteiger partial charge in [0.05, 0.1) is 18.8 Å². The number of hydrogen-bond donors (Lipinski definition) is 1. The van der Waals surface area contributed by atoms with Gasteiger partial charge in [-0.05, 0) is 36.2 Å². The number of nitrogens with zero attached hydrogens (tertiary/aromatic N) is 1. The van der Waals surface area contributed by atoms with Crippen LogP contribution in [0.15, 0.2) is 53.6 Å². The summed E-state index contributed by atoms with van der Waals surface area (Å²) >= 11 is 0. The van der Waals surface area contributed by atoms with Crippen molar-refractivity contribution in [3.05, 3.63) is 59.7 Å². The van der Waals surface area contributed by atoms with Gasteiger partial charge in [-0.3, -0.25) is 5.43 Å². The predicted molar refractivity (Wildman–Crippen MR) is 84.2 cm³/mol. The van der Waals surface area contributed by atoms with E-state index >= 15 is 0 Å². The number of carbonyl (C=O) groups excluding carboxylic acids is 1. The van der Waals surface area contributed by atoms with E-state index in [1.54, 1.807) is 19.2 Å². The SMILES string of the molecule is COc1ccccc1C/C(C)=N\Nc1ccc(C(=O)[O-])cc1. The summed E-state index contributed by atoms with van der Waals surface area (Å²) in [4.78, 5) is 10.7. The number of carbonyl (C=O) groups is 1. The summed E-state index contributed by atoms with van der Waals surface area (Å²) in [5.41, 5.74) is 5.69. The molecule has 0 atom stereocenters. The zero-order valence-corrected chi connectivity index (χ0v) is 12.5. The third-order valence-electron chi connectivity index (χ3n) is 3.14. The van der Waals surface area contributed by atoms with Crippen molar-refractivity contribution in [2.45, 2.75) is 13.3 Å². The Morgan fingerprint density at radius 3 is 2.50 bits per heavy atom. The Labute approximate surface area is 129 Å². The number of carboxylic acid groups (broad SMARTS) is 1. The van der Waals surface area contributed by atoms with Crippen molar-refractivity contribution in [3.8, 4) is 5.75 Å². The van der Waals surface area contributed by atoms with Crippen LogP contribution in [0.5, 0.6) is 5.75 Å². The highest BCUT2D eigenvalue weighted by atomic mass is 16.5. The van der Waals surface area contributed by atoms with Gasteiger partial charge in [0, 0.05) is 12.1 Å². The van der Waals surface area contributed by atoms with Gasteiger partial charge in [-0.15, -0.1) is 0 Å². The van der Waals surface area contributed by atoms with Crippen LogP contribution in [0.3, 0.4) is 0 Å². The normalized spacial score (nSPS) is 11.1. The van der Waals surface area contributed by atoms with Crippen molar-refractivity contribution in [2.24, 2.45) is 5.10 Å². The summed E-state index contributed by atoms with van der Waals surface area (Å²) in [5, 5.41) is 15.0. The molecule has 2 rings (SSSR count). The average Bonchev–Trinajstić information content (AvgIpc) is 2.54. The van der Waals surface area contributed by atoms with Crippen LogP contribution in [0.1, 0.15) is 22.8 Å².